The molecule has 3 heterocycles. The summed E-state index contributed by atoms with van der Waals surface area (Å²) in [5, 5.41) is 0. The zero-order valence-electron chi connectivity index (χ0n) is 8.85. The molecule has 0 N–H and O–H groups in total. The topological polar surface area (TPSA) is 23.6 Å². The molecule has 14 heavy (non-hydrogen) atoms. The van der Waals surface area contributed by atoms with Crippen LogP contribution in [0.15, 0.2) is 0 Å². The molecular weight excluding hydrogens is 195 g/mol. The smallest absolute Gasteiger partial charge is 0.216 e. The molecule has 80 valence electrons. The molecule has 3 saturated heterocycles. The third-order valence-corrected chi connectivity index (χ3v) is 7.62. The minimum atomic E-state index is -2.09. The standard InChI is InChI=1S/C10H19N2OP/c1-2-14(13)11-7-3-5-9(11)10-6-4-8-12(10)14/h9-10H,2-8H2,1H3/t9-,10-/m0/s1. The summed E-state index contributed by atoms with van der Waals surface area (Å²) in [7, 11) is -2.09. The number of hydrogen-bond donors (Lipinski definition) is 0. The van der Waals surface area contributed by atoms with Crippen LogP contribution < -0.4 is 0 Å². The quantitative estimate of drug-likeness (QED) is 0.625. The van der Waals surface area contributed by atoms with Gasteiger partial charge >= 0.3 is 0 Å². The highest BCUT2D eigenvalue weighted by molar-refractivity contribution is 7.59. The van der Waals surface area contributed by atoms with Gasteiger partial charge in [-0.25, -0.2) is 9.34 Å². The van der Waals surface area contributed by atoms with Crippen LogP contribution in [-0.2, 0) is 4.57 Å². The van der Waals surface area contributed by atoms with Crippen molar-refractivity contribution in [3.8, 4) is 0 Å². The molecule has 2 atom stereocenters. The van der Waals surface area contributed by atoms with Gasteiger partial charge in [-0.1, -0.05) is 6.92 Å². The Morgan fingerprint density at radius 3 is 2.07 bits per heavy atom. The Hall–Kier alpha value is 0.150. The molecule has 3 rings (SSSR count). The van der Waals surface area contributed by atoms with Gasteiger partial charge in [0.05, 0.1) is 0 Å². The first-order chi connectivity index (χ1) is 6.77. The summed E-state index contributed by atoms with van der Waals surface area (Å²) in [4.78, 5) is 0. The summed E-state index contributed by atoms with van der Waals surface area (Å²) in [6, 6.07) is 1.28. The van der Waals surface area contributed by atoms with E-state index < -0.39 is 7.44 Å². The second-order valence-corrected chi connectivity index (χ2v) is 7.72. The summed E-state index contributed by atoms with van der Waals surface area (Å²) in [5.74, 6) is 0. The van der Waals surface area contributed by atoms with E-state index in [9.17, 15) is 4.57 Å². The molecule has 0 spiro atoms. The van der Waals surface area contributed by atoms with Crippen LogP contribution in [0.4, 0.5) is 0 Å². The number of fused-ring (bicyclic) bond motifs is 3. The van der Waals surface area contributed by atoms with Crippen LogP contribution in [0, 0.1) is 0 Å². The maximum atomic E-state index is 12.9. The van der Waals surface area contributed by atoms with Crippen LogP contribution >= 0.6 is 7.44 Å². The molecule has 0 amide bonds. The lowest BCUT2D eigenvalue weighted by atomic mass is 10.1. The molecule has 0 radical (unpaired) electrons. The fraction of sp³-hybridized carbons (Fsp3) is 1.00. The van der Waals surface area contributed by atoms with Crippen LogP contribution in [0.1, 0.15) is 32.6 Å². The Morgan fingerprint density at radius 2 is 1.64 bits per heavy atom. The van der Waals surface area contributed by atoms with Gasteiger partial charge in [0.1, 0.15) is 0 Å². The van der Waals surface area contributed by atoms with Gasteiger partial charge in [0.25, 0.3) is 0 Å². The van der Waals surface area contributed by atoms with Crippen molar-refractivity contribution in [1.82, 2.24) is 9.34 Å². The second kappa shape index (κ2) is 3.07. The van der Waals surface area contributed by atoms with Crippen molar-refractivity contribution in [2.45, 2.75) is 44.7 Å². The van der Waals surface area contributed by atoms with Gasteiger partial charge in [-0.15, -0.1) is 0 Å². The van der Waals surface area contributed by atoms with E-state index in [1.165, 1.54) is 25.7 Å². The van der Waals surface area contributed by atoms with Crippen LogP contribution in [0.25, 0.3) is 0 Å². The predicted molar refractivity (Wildman–Crippen MR) is 57.6 cm³/mol. The molecule has 0 unspecified atom stereocenters. The lowest BCUT2D eigenvalue weighted by Gasteiger charge is -2.27. The zero-order valence-corrected chi connectivity index (χ0v) is 9.75. The van der Waals surface area contributed by atoms with Gasteiger partial charge in [0.2, 0.25) is 7.44 Å². The molecule has 0 bridgehead atoms. The van der Waals surface area contributed by atoms with E-state index in [0.717, 1.165) is 19.3 Å². The van der Waals surface area contributed by atoms with Gasteiger partial charge in [-0.3, -0.25) is 4.57 Å². The summed E-state index contributed by atoms with van der Waals surface area (Å²) < 4.78 is 17.6. The highest BCUT2D eigenvalue weighted by Gasteiger charge is 2.56. The van der Waals surface area contributed by atoms with Crippen molar-refractivity contribution in [2.75, 3.05) is 19.3 Å². The van der Waals surface area contributed by atoms with E-state index in [-0.39, 0.29) is 0 Å². The summed E-state index contributed by atoms with van der Waals surface area (Å²) in [5.41, 5.74) is 0. The molecule has 3 aliphatic rings. The highest BCUT2D eigenvalue weighted by atomic mass is 31.2. The lowest BCUT2D eigenvalue weighted by molar-refractivity contribution is 0.341. The minimum absolute atomic E-state index is 0.642. The van der Waals surface area contributed by atoms with Crippen LogP contribution in [0.2, 0.25) is 0 Å². The number of hydrogen-bond acceptors (Lipinski definition) is 1. The highest BCUT2D eigenvalue weighted by Crippen LogP contribution is 2.65. The van der Waals surface area contributed by atoms with E-state index in [2.05, 4.69) is 16.3 Å². The molecule has 3 aliphatic heterocycles. The Bertz CT molecular complexity index is 270. The zero-order chi connectivity index (χ0) is 9.76. The summed E-state index contributed by atoms with van der Waals surface area (Å²) >= 11 is 0. The van der Waals surface area contributed by atoms with Crippen LogP contribution in [0.3, 0.4) is 0 Å². The average molecular weight is 214 g/mol. The van der Waals surface area contributed by atoms with Gasteiger partial charge in [-0.2, -0.15) is 0 Å². The Labute approximate surface area is 85.9 Å². The van der Waals surface area contributed by atoms with E-state index in [0.29, 0.717) is 12.1 Å². The second-order valence-electron chi connectivity index (χ2n) is 4.73. The van der Waals surface area contributed by atoms with Gasteiger partial charge in [0.15, 0.2) is 0 Å². The fourth-order valence-electron chi connectivity index (χ4n) is 3.62. The maximum absolute atomic E-state index is 12.9. The first kappa shape index (κ1) is 9.38. The van der Waals surface area contributed by atoms with Crippen molar-refractivity contribution < 1.29 is 4.57 Å². The molecule has 0 aromatic heterocycles. The molecule has 0 saturated carbocycles. The first-order valence-corrected chi connectivity index (χ1v) is 7.70. The predicted octanol–water partition coefficient (Wildman–Crippen LogP) is 2.14. The third kappa shape index (κ3) is 0.986. The molecule has 4 heteroatoms. The Balaban J connectivity index is 2.00. The Morgan fingerprint density at radius 1 is 1.14 bits per heavy atom. The van der Waals surface area contributed by atoms with Crippen molar-refractivity contribution in [3.63, 3.8) is 0 Å². The monoisotopic (exact) mass is 214 g/mol. The molecular formula is C10H19N2OP. The largest absolute Gasteiger partial charge is 0.289 e. The number of rotatable bonds is 1. The van der Waals surface area contributed by atoms with E-state index >= 15 is 0 Å². The average Bonchev–Trinajstić information content (AvgIpc) is 2.85. The van der Waals surface area contributed by atoms with Crippen molar-refractivity contribution >= 4 is 7.44 Å². The van der Waals surface area contributed by atoms with Crippen molar-refractivity contribution in [1.29, 1.82) is 0 Å². The maximum Gasteiger partial charge on any atom is 0.216 e. The molecule has 0 aromatic carbocycles. The van der Waals surface area contributed by atoms with Gasteiger partial charge < -0.3 is 0 Å². The first-order valence-electron chi connectivity index (χ1n) is 5.90. The molecule has 0 aliphatic carbocycles. The molecule has 3 nitrogen and oxygen atoms in total. The van der Waals surface area contributed by atoms with Gasteiger partial charge in [-0.05, 0) is 25.7 Å². The van der Waals surface area contributed by atoms with E-state index in [1.807, 2.05) is 0 Å². The van der Waals surface area contributed by atoms with E-state index in [4.69, 9.17) is 0 Å². The molecule has 0 aromatic rings. The normalized spacial score (nSPS) is 41.5. The number of nitrogens with zero attached hydrogens (tertiary/aromatic N) is 2. The van der Waals surface area contributed by atoms with Gasteiger partial charge in [0, 0.05) is 31.3 Å². The molecule has 3 fully saturated rings. The third-order valence-electron chi connectivity index (χ3n) is 4.20. The lowest BCUT2D eigenvalue weighted by Crippen LogP contribution is -2.29. The van der Waals surface area contributed by atoms with Crippen LogP contribution in [-0.4, -0.2) is 40.7 Å². The Kier molecular flexibility index (Phi) is 2.06. The fourth-order valence-corrected chi connectivity index (χ4v) is 7.02. The van der Waals surface area contributed by atoms with Crippen molar-refractivity contribution in [3.05, 3.63) is 0 Å². The SMILES string of the molecule is CCP1(=O)N2CCC[C@H]2[C@@H]2CCCN21. The summed E-state index contributed by atoms with van der Waals surface area (Å²) in [6.45, 7) is 4.27. The summed E-state index contributed by atoms with van der Waals surface area (Å²) in [6.07, 6.45) is 5.94. The van der Waals surface area contributed by atoms with E-state index in [1.54, 1.807) is 0 Å². The van der Waals surface area contributed by atoms with Crippen molar-refractivity contribution in [2.24, 2.45) is 0 Å². The van der Waals surface area contributed by atoms with Crippen LogP contribution in [0.5, 0.6) is 0 Å². The minimum Gasteiger partial charge on any atom is -0.289 e.